The zero-order valence-corrected chi connectivity index (χ0v) is 10.6. The van der Waals surface area contributed by atoms with Crippen molar-refractivity contribution >= 4 is 11.7 Å². The predicted molar refractivity (Wildman–Crippen MR) is 67.2 cm³/mol. The summed E-state index contributed by atoms with van der Waals surface area (Å²) >= 11 is 0. The van der Waals surface area contributed by atoms with Gasteiger partial charge in [-0.3, -0.25) is 29.1 Å². The first-order chi connectivity index (χ1) is 9.81. The number of aromatic carboxylic acids is 1. The highest BCUT2D eigenvalue weighted by atomic mass is 16.6. The van der Waals surface area contributed by atoms with Crippen molar-refractivity contribution in [2.75, 3.05) is 0 Å². The maximum Gasteiger partial charge on any atom is 0.350 e. The molecule has 2 aromatic rings. The van der Waals surface area contributed by atoms with Crippen molar-refractivity contribution in [2.45, 2.75) is 6.54 Å². The Hall–Kier alpha value is -3.24. The number of nitrogens with zero attached hydrogens (tertiary/aromatic N) is 4. The molecule has 110 valence electrons. The van der Waals surface area contributed by atoms with Crippen molar-refractivity contribution in [1.82, 2.24) is 19.3 Å². The lowest BCUT2D eigenvalue weighted by Gasteiger charge is -2.06. The summed E-state index contributed by atoms with van der Waals surface area (Å²) in [6.07, 6.45) is 1.86. The van der Waals surface area contributed by atoms with Gasteiger partial charge in [0.1, 0.15) is 5.56 Å². The number of hydrogen-bond donors (Lipinski definition) is 2. The molecule has 0 aromatic carbocycles. The van der Waals surface area contributed by atoms with E-state index in [-0.39, 0.29) is 17.8 Å². The highest BCUT2D eigenvalue weighted by molar-refractivity contribution is 5.88. The van der Waals surface area contributed by atoms with E-state index in [2.05, 4.69) is 5.10 Å². The van der Waals surface area contributed by atoms with E-state index in [4.69, 9.17) is 5.11 Å². The summed E-state index contributed by atoms with van der Waals surface area (Å²) in [5.74, 6) is -1.25. The van der Waals surface area contributed by atoms with Crippen molar-refractivity contribution < 1.29 is 14.8 Å². The minimum absolute atomic E-state index is 0.141. The number of rotatable bonds is 4. The van der Waals surface area contributed by atoms with Gasteiger partial charge in [0.2, 0.25) is 0 Å². The Labute approximate surface area is 115 Å². The number of carboxylic acid groups (broad SMARTS) is 1. The lowest BCUT2D eigenvalue weighted by atomic mass is 10.2. The third-order valence-corrected chi connectivity index (χ3v) is 2.80. The van der Waals surface area contributed by atoms with Gasteiger partial charge in [-0.15, -0.1) is 0 Å². The van der Waals surface area contributed by atoms with Crippen molar-refractivity contribution in [3.63, 3.8) is 0 Å². The summed E-state index contributed by atoms with van der Waals surface area (Å²) in [6, 6.07) is 0. The zero-order valence-electron chi connectivity index (χ0n) is 10.6. The summed E-state index contributed by atoms with van der Waals surface area (Å²) in [4.78, 5) is 45.5. The van der Waals surface area contributed by atoms with Crippen LogP contribution in [0.1, 0.15) is 16.1 Å². The topological polar surface area (TPSA) is 153 Å². The molecule has 0 atom stereocenters. The van der Waals surface area contributed by atoms with Gasteiger partial charge in [-0.05, 0) is 0 Å². The molecule has 0 unspecified atom stereocenters. The molecular formula is C10H9N5O6. The Morgan fingerprint density at radius 1 is 1.52 bits per heavy atom. The van der Waals surface area contributed by atoms with Gasteiger partial charge in [0.15, 0.2) is 0 Å². The van der Waals surface area contributed by atoms with Crippen LogP contribution in [0.15, 0.2) is 22.0 Å². The summed E-state index contributed by atoms with van der Waals surface area (Å²) < 4.78 is 2.07. The molecule has 21 heavy (non-hydrogen) atoms. The standard InChI is InChI=1S/C10H9N5O6/c1-13-6(5(2-11-13)9(17)18)3-14-4-7(15(20)21)8(16)12-10(14)19/h2,4H,3H2,1H3,(H,17,18)(H,12,16,19). The monoisotopic (exact) mass is 295 g/mol. The van der Waals surface area contributed by atoms with Crippen LogP contribution in [-0.4, -0.2) is 35.3 Å². The van der Waals surface area contributed by atoms with Gasteiger partial charge in [0.05, 0.1) is 29.6 Å². The van der Waals surface area contributed by atoms with E-state index in [0.717, 1.165) is 17.0 Å². The molecule has 0 aliphatic heterocycles. The van der Waals surface area contributed by atoms with E-state index in [0.29, 0.717) is 0 Å². The Bertz CT molecular complexity index is 844. The summed E-state index contributed by atoms with van der Waals surface area (Å²) in [7, 11) is 1.47. The average molecular weight is 295 g/mol. The first kappa shape index (κ1) is 14.2. The fourth-order valence-corrected chi connectivity index (χ4v) is 1.74. The lowest BCUT2D eigenvalue weighted by molar-refractivity contribution is -0.386. The molecule has 11 nitrogen and oxygen atoms in total. The van der Waals surface area contributed by atoms with Crippen LogP contribution in [0.2, 0.25) is 0 Å². The van der Waals surface area contributed by atoms with Crippen molar-refractivity contribution in [2.24, 2.45) is 7.05 Å². The fourth-order valence-electron chi connectivity index (χ4n) is 1.74. The van der Waals surface area contributed by atoms with Gasteiger partial charge in [0, 0.05) is 7.05 Å². The molecule has 0 saturated heterocycles. The predicted octanol–water partition coefficient (Wildman–Crippen LogP) is -1.08. The fraction of sp³-hybridized carbons (Fsp3) is 0.200. The minimum atomic E-state index is -1.25. The molecule has 0 amide bonds. The Balaban J connectivity index is 2.55. The molecule has 2 aromatic heterocycles. The third kappa shape index (κ3) is 2.56. The number of nitrogens with one attached hydrogen (secondary N) is 1. The van der Waals surface area contributed by atoms with Crippen LogP contribution in [0.5, 0.6) is 0 Å². The number of hydrogen-bond acceptors (Lipinski definition) is 6. The molecule has 0 aliphatic rings. The maximum atomic E-state index is 11.6. The van der Waals surface area contributed by atoms with Gasteiger partial charge < -0.3 is 5.11 Å². The molecule has 0 aliphatic carbocycles. The van der Waals surface area contributed by atoms with Crippen LogP contribution >= 0.6 is 0 Å². The van der Waals surface area contributed by atoms with Crippen molar-refractivity contribution in [1.29, 1.82) is 0 Å². The smallest absolute Gasteiger partial charge is 0.350 e. The molecule has 0 fully saturated rings. The number of H-pyrrole nitrogens is 1. The summed E-state index contributed by atoms with van der Waals surface area (Å²) in [6.45, 7) is -0.283. The largest absolute Gasteiger partial charge is 0.478 e. The molecule has 0 radical (unpaired) electrons. The summed E-state index contributed by atoms with van der Waals surface area (Å²) in [5.41, 5.74) is -2.80. The van der Waals surface area contributed by atoms with Gasteiger partial charge in [-0.25, -0.2) is 9.59 Å². The number of aromatic amines is 1. The van der Waals surface area contributed by atoms with Crippen LogP contribution in [-0.2, 0) is 13.6 Å². The van der Waals surface area contributed by atoms with E-state index in [9.17, 15) is 24.5 Å². The molecule has 2 heterocycles. The molecule has 0 saturated carbocycles. The first-order valence-electron chi connectivity index (χ1n) is 5.53. The Morgan fingerprint density at radius 2 is 2.19 bits per heavy atom. The Kier molecular flexibility index (Phi) is 3.40. The van der Waals surface area contributed by atoms with Crippen molar-refractivity contribution in [3.8, 4) is 0 Å². The van der Waals surface area contributed by atoms with Crippen LogP contribution in [0.3, 0.4) is 0 Å². The normalized spacial score (nSPS) is 10.5. The van der Waals surface area contributed by atoms with E-state index >= 15 is 0 Å². The van der Waals surface area contributed by atoms with Gasteiger partial charge in [0.25, 0.3) is 0 Å². The molecule has 0 bridgehead atoms. The molecule has 11 heteroatoms. The zero-order chi connectivity index (χ0) is 15.7. The van der Waals surface area contributed by atoms with E-state index < -0.39 is 27.8 Å². The first-order valence-corrected chi connectivity index (χ1v) is 5.53. The number of carbonyl (C=O) groups is 1. The van der Waals surface area contributed by atoms with E-state index in [1.165, 1.54) is 11.7 Å². The quantitative estimate of drug-likeness (QED) is 0.537. The van der Waals surface area contributed by atoms with Crippen LogP contribution in [0, 0.1) is 10.1 Å². The molecule has 0 spiro atoms. The lowest BCUT2D eigenvalue weighted by Crippen LogP contribution is -2.31. The van der Waals surface area contributed by atoms with E-state index in [1.807, 2.05) is 0 Å². The number of aryl methyl sites for hydroxylation is 1. The molecular weight excluding hydrogens is 286 g/mol. The van der Waals surface area contributed by atoms with Crippen LogP contribution in [0.25, 0.3) is 0 Å². The maximum absolute atomic E-state index is 11.6. The highest BCUT2D eigenvalue weighted by Gasteiger charge is 2.19. The number of carboxylic acids is 1. The third-order valence-electron chi connectivity index (χ3n) is 2.80. The highest BCUT2D eigenvalue weighted by Crippen LogP contribution is 2.09. The van der Waals surface area contributed by atoms with Gasteiger partial charge in [-0.1, -0.05) is 0 Å². The second kappa shape index (κ2) is 5.03. The molecule has 2 rings (SSSR count). The van der Waals surface area contributed by atoms with Gasteiger partial charge >= 0.3 is 22.9 Å². The SMILES string of the molecule is Cn1ncc(C(=O)O)c1Cn1cc([N+](=O)[O-])c(=O)[nH]c1=O. The number of nitro groups is 1. The average Bonchev–Trinajstić information content (AvgIpc) is 2.74. The minimum Gasteiger partial charge on any atom is -0.478 e. The number of aromatic nitrogens is 4. The summed E-state index contributed by atoms with van der Waals surface area (Å²) in [5, 5.41) is 23.4. The van der Waals surface area contributed by atoms with Crippen LogP contribution < -0.4 is 11.2 Å². The Morgan fingerprint density at radius 3 is 2.76 bits per heavy atom. The molecule has 2 N–H and O–H groups in total. The second-order valence-corrected chi connectivity index (χ2v) is 4.09. The second-order valence-electron chi connectivity index (χ2n) is 4.09. The van der Waals surface area contributed by atoms with E-state index in [1.54, 1.807) is 4.98 Å². The van der Waals surface area contributed by atoms with Crippen molar-refractivity contribution in [3.05, 3.63) is 54.6 Å². The van der Waals surface area contributed by atoms with Crippen LogP contribution in [0.4, 0.5) is 5.69 Å². The van der Waals surface area contributed by atoms with Gasteiger partial charge in [-0.2, -0.15) is 5.10 Å².